The molecule has 0 spiro atoms. The standard InChI is InChI=1S/C20H21Cl3N2O2/c1-2-15(13-8-4-3-5-9-13)24-19(27)14-12-17(18(26)20(21,22)23)25-11-7-6-10-16(14)25/h3-5,8-9,12,15H,2,6-7,10-11H2,1H3,(H,24,27)/t15-/m1/s1. The molecule has 1 aliphatic rings. The first-order chi connectivity index (χ1) is 12.8. The van der Waals surface area contributed by atoms with Crippen LogP contribution in [0.2, 0.25) is 0 Å². The maximum atomic E-state index is 13.0. The fourth-order valence-corrected chi connectivity index (χ4v) is 3.84. The lowest BCUT2D eigenvalue weighted by Gasteiger charge is -2.21. The highest BCUT2D eigenvalue weighted by Gasteiger charge is 2.36. The molecule has 2 heterocycles. The number of halogens is 3. The zero-order valence-corrected chi connectivity index (χ0v) is 17.2. The van der Waals surface area contributed by atoms with Crippen molar-refractivity contribution in [2.75, 3.05) is 0 Å². The Hall–Kier alpha value is -1.49. The molecule has 1 aliphatic heterocycles. The van der Waals surface area contributed by atoms with Crippen molar-refractivity contribution in [2.45, 2.75) is 49.0 Å². The monoisotopic (exact) mass is 426 g/mol. The Kier molecular flexibility index (Phi) is 6.19. The quantitative estimate of drug-likeness (QED) is 0.523. The van der Waals surface area contributed by atoms with Crippen molar-refractivity contribution in [1.29, 1.82) is 0 Å². The van der Waals surface area contributed by atoms with E-state index in [-0.39, 0.29) is 17.6 Å². The van der Waals surface area contributed by atoms with Gasteiger partial charge in [-0.05, 0) is 37.3 Å². The van der Waals surface area contributed by atoms with E-state index in [1.165, 1.54) is 0 Å². The highest BCUT2D eigenvalue weighted by Crippen LogP contribution is 2.34. The second-order valence-electron chi connectivity index (χ2n) is 6.67. The molecule has 4 nitrogen and oxygen atoms in total. The van der Waals surface area contributed by atoms with Gasteiger partial charge in [0.25, 0.3) is 9.70 Å². The van der Waals surface area contributed by atoms with Gasteiger partial charge in [-0.3, -0.25) is 9.59 Å². The molecule has 27 heavy (non-hydrogen) atoms. The van der Waals surface area contributed by atoms with E-state index in [9.17, 15) is 9.59 Å². The average Bonchev–Trinajstić information content (AvgIpc) is 3.05. The second kappa shape index (κ2) is 8.26. The maximum absolute atomic E-state index is 13.0. The Morgan fingerprint density at radius 3 is 2.52 bits per heavy atom. The first kappa shape index (κ1) is 20.2. The number of carbonyl (C=O) groups is 2. The molecule has 1 aromatic heterocycles. The number of rotatable bonds is 5. The van der Waals surface area contributed by atoms with Crippen molar-refractivity contribution in [1.82, 2.24) is 9.88 Å². The zero-order chi connectivity index (χ0) is 19.6. The molecular formula is C20H21Cl3N2O2. The molecule has 2 aromatic rings. The number of aromatic nitrogens is 1. The van der Waals surface area contributed by atoms with Gasteiger partial charge in [-0.2, -0.15) is 0 Å². The molecular weight excluding hydrogens is 407 g/mol. The van der Waals surface area contributed by atoms with Gasteiger partial charge in [0.05, 0.1) is 17.3 Å². The third-order valence-electron chi connectivity index (χ3n) is 4.90. The van der Waals surface area contributed by atoms with E-state index in [0.717, 1.165) is 36.9 Å². The average molecular weight is 428 g/mol. The molecule has 1 amide bonds. The van der Waals surface area contributed by atoms with Crippen molar-refractivity contribution in [3.8, 4) is 0 Å². The Balaban J connectivity index is 1.93. The maximum Gasteiger partial charge on any atom is 0.255 e. The number of ketones is 1. The summed E-state index contributed by atoms with van der Waals surface area (Å²) < 4.78 is -0.220. The van der Waals surface area contributed by atoms with Crippen LogP contribution in [0.4, 0.5) is 0 Å². The summed E-state index contributed by atoms with van der Waals surface area (Å²) in [6.45, 7) is 2.66. The zero-order valence-electron chi connectivity index (χ0n) is 15.0. The van der Waals surface area contributed by atoms with Crippen LogP contribution in [0.3, 0.4) is 0 Å². The van der Waals surface area contributed by atoms with Gasteiger partial charge in [0.15, 0.2) is 0 Å². The van der Waals surface area contributed by atoms with E-state index in [4.69, 9.17) is 34.8 Å². The van der Waals surface area contributed by atoms with E-state index < -0.39 is 9.58 Å². The molecule has 0 saturated carbocycles. The molecule has 0 fully saturated rings. The lowest BCUT2D eigenvalue weighted by atomic mass is 10.0. The van der Waals surface area contributed by atoms with E-state index in [1.54, 1.807) is 6.07 Å². The first-order valence-corrected chi connectivity index (χ1v) is 10.2. The summed E-state index contributed by atoms with van der Waals surface area (Å²) in [6, 6.07) is 11.3. The topological polar surface area (TPSA) is 51.1 Å². The fraction of sp³-hybridized carbons (Fsp3) is 0.400. The van der Waals surface area contributed by atoms with Gasteiger partial charge in [-0.25, -0.2) is 0 Å². The second-order valence-corrected chi connectivity index (χ2v) is 8.95. The van der Waals surface area contributed by atoms with Crippen LogP contribution in [-0.4, -0.2) is 20.1 Å². The molecule has 0 aliphatic carbocycles. The molecule has 1 atom stereocenters. The number of alkyl halides is 3. The summed E-state index contributed by atoms with van der Waals surface area (Å²) in [5, 5.41) is 3.08. The van der Waals surface area contributed by atoms with E-state index in [0.29, 0.717) is 12.1 Å². The minimum absolute atomic E-state index is 0.106. The van der Waals surface area contributed by atoms with Crippen LogP contribution in [0.5, 0.6) is 0 Å². The molecule has 3 rings (SSSR count). The molecule has 0 unspecified atom stereocenters. The molecule has 0 radical (unpaired) electrons. The van der Waals surface area contributed by atoms with Gasteiger partial charge >= 0.3 is 0 Å². The number of nitrogens with zero attached hydrogens (tertiary/aromatic N) is 1. The molecule has 0 bridgehead atoms. The van der Waals surface area contributed by atoms with Gasteiger partial charge in [0.1, 0.15) is 0 Å². The summed E-state index contributed by atoms with van der Waals surface area (Å²) in [7, 11) is 0. The lowest BCUT2D eigenvalue weighted by Crippen LogP contribution is -2.29. The molecule has 144 valence electrons. The third-order valence-corrected chi connectivity index (χ3v) is 5.42. The number of hydrogen-bond donors (Lipinski definition) is 1. The summed E-state index contributed by atoms with van der Waals surface area (Å²) in [5.74, 6) is -0.815. The van der Waals surface area contributed by atoms with Gasteiger partial charge in [-0.15, -0.1) is 0 Å². The van der Waals surface area contributed by atoms with E-state index in [1.807, 2.05) is 41.8 Å². The Bertz CT molecular complexity index is 841. The van der Waals surface area contributed by atoms with Crippen LogP contribution in [0.1, 0.15) is 64.3 Å². The minimum atomic E-state index is -2.05. The predicted molar refractivity (Wildman–Crippen MR) is 109 cm³/mol. The smallest absolute Gasteiger partial charge is 0.255 e. The normalized spacial score (nSPS) is 15.1. The van der Waals surface area contributed by atoms with Gasteiger partial charge < -0.3 is 9.88 Å². The highest BCUT2D eigenvalue weighted by molar-refractivity contribution is 6.77. The van der Waals surface area contributed by atoms with E-state index in [2.05, 4.69) is 5.32 Å². The molecule has 0 saturated heterocycles. The number of fused-ring (bicyclic) bond motifs is 1. The summed E-state index contributed by atoms with van der Waals surface area (Å²) in [4.78, 5) is 25.5. The van der Waals surface area contributed by atoms with Crippen molar-refractivity contribution in [2.24, 2.45) is 0 Å². The van der Waals surface area contributed by atoms with Crippen LogP contribution < -0.4 is 5.32 Å². The lowest BCUT2D eigenvalue weighted by molar-refractivity contribution is 0.0933. The Morgan fingerprint density at radius 1 is 1.19 bits per heavy atom. The summed E-state index contributed by atoms with van der Waals surface area (Å²) >= 11 is 17.4. The van der Waals surface area contributed by atoms with Crippen molar-refractivity contribution >= 4 is 46.5 Å². The number of carbonyl (C=O) groups excluding carboxylic acids is 2. The molecule has 7 heteroatoms. The van der Waals surface area contributed by atoms with Gasteiger partial charge in [-0.1, -0.05) is 72.1 Å². The van der Waals surface area contributed by atoms with Crippen LogP contribution >= 0.6 is 34.8 Å². The van der Waals surface area contributed by atoms with Gasteiger partial charge in [0, 0.05) is 12.2 Å². The number of amides is 1. The molecule has 1 N–H and O–H groups in total. The number of Topliss-reactive ketones (excluding diaryl/α,β-unsaturated/α-hetero) is 1. The minimum Gasteiger partial charge on any atom is -0.345 e. The van der Waals surface area contributed by atoms with Crippen LogP contribution in [-0.2, 0) is 13.0 Å². The fourth-order valence-electron chi connectivity index (χ4n) is 3.55. The van der Waals surface area contributed by atoms with Gasteiger partial charge in [0.2, 0.25) is 5.78 Å². The first-order valence-electron chi connectivity index (χ1n) is 9.02. The Labute approximate surface area is 173 Å². The SMILES string of the molecule is CC[C@@H](NC(=O)c1cc(C(=O)C(Cl)(Cl)Cl)n2c1CCCC2)c1ccccc1. The number of hydrogen-bond acceptors (Lipinski definition) is 2. The summed E-state index contributed by atoms with van der Waals surface area (Å²) in [6.07, 6.45) is 3.36. The highest BCUT2D eigenvalue weighted by atomic mass is 35.6. The van der Waals surface area contributed by atoms with Crippen molar-refractivity contribution < 1.29 is 9.59 Å². The third kappa shape index (κ3) is 4.34. The van der Waals surface area contributed by atoms with Crippen LogP contribution in [0.25, 0.3) is 0 Å². The Morgan fingerprint density at radius 2 is 1.89 bits per heavy atom. The van der Waals surface area contributed by atoms with Crippen LogP contribution in [0.15, 0.2) is 36.4 Å². The van der Waals surface area contributed by atoms with E-state index >= 15 is 0 Å². The van der Waals surface area contributed by atoms with Crippen molar-refractivity contribution in [3.05, 3.63) is 58.9 Å². The largest absolute Gasteiger partial charge is 0.345 e. The number of nitrogens with one attached hydrogen (secondary N) is 1. The van der Waals surface area contributed by atoms with Crippen LogP contribution in [0, 0.1) is 0 Å². The summed E-state index contributed by atoms with van der Waals surface area (Å²) in [5.41, 5.74) is 2.64. The van der Waals surface area contributed by atoms with Crippen molar-refractivity contribution in [3.63, 3.8) is 0 Å². The molecule has 1 aromatic carbocycles. The predicted octanol–water partition coefficient (Wildman–Crippen LogP) is 5.26. The number of benzene rings is 1.